The highest BCUT2D eigenvalue weighted by Crippen LogP contribution is 2.44. The number of hydrogen-bond donors (Lipinski definition) is 3. The second-order valence-electron chi connectivity index (χ2n) is 8.99. The van der Waals surface area contributed by atoms with Gasteiger partial charge in [0.05, 0.1) is 0 Å². The van der Waals surface area contributed by atoms with Gasteiger partial charge in [-0.25, -0.2) is 0 Å². The Balaban J connectivity index is 0.00000261. The third-order valence-corrected chi connectivity index (χ3v) is 6.46. The number of hydrogen-bond acceptors (Lipinski definition) is 2. The van der Waals surface area contributed by atoms with Crippen molar-refractivity contribution in [3.05, 3.63) is 0 Å². The van der Waals surface area contributed by atoms with Gasteiger partial charge >= 0.3 is 0 Å². The number of aliphatic imine (C=N–C) groups is 1. The summed E-state index contributed by atoms with van der Waals surface area (Å²) in [4.78, 5) is 16.8. The Kier molecular flexibility index (Phi) is 9.16. The minimum atomic E-state index is 0. The Hall–Kier alpha value is -0.530. The number of amides is 1. The van der Waals surface area contributed by atoms with Crippen molar-refractivity contribution in [2.24, 2.45) is 22.7 Å². The SMILES string of the molecule is CN=C(NC1CCCC(C(=O)NC(C)C)C1)NC1CC1C1CCCCC1.I. The summed E-state index contributed by atoms with van der Waals surface area (Å²) in [7, 11) is 1.86. The number of rotatable bonds is 5. The average Bonchev–Trinajstić information content (AvgIpc) is 3.41. The van der Waals surface area contributed by atoms with Crippen LogP contribution >= 0.6 is 24.0 Å². The van der Waals surface area contributed by atoms with Crippen LogP contribution in [0, 0.1) is 17.8 Å². The third kappa shape index (κ3) is 6.79. The van der Waals surface area contributed by atoms with Crippen LogP contribution in [0.5, 0.6) is 0 Å². The standard InChI is InChI=1S/C21H38N4O.HI/c1-14(2)23-20(26)16-10-7-11-17(12-16)24-21(22-3)25-19-13-18(19)15-8-5-4-6-9-15;/h14-19H,4-13H2,1-3H3,(H,23,26)(H2,22,24,25);1H. The van der Waals surface area contributed by atoms with Gasteiger partial charge in [0.2, 0.25) is 5.91 Å². The molecule has 3 aliphatic rings. The Labute approximate surface area is 182 Å². The molecule has 3 saturated carbocycles. The minimum Gasteiger partial charge on any atom is -0.354 e. The van der Waals surface area contributed by atoms with Gasteiger partial charge < -0.3 is 16.0 Å². The molecule has 0 spiro atoms. The molecule has 0 bridgehead atoms. The van der Waals surface area contributed by atoms with Crippen LogP contribution < -0.4 is 16.0 Å². The quantitative estimate of drug-likeness (QED) is 0.312. The number of guanidine groups is 1. The van der Waals surface area contributed by atoms with Gasteiger partial charge in [0, 0.05) is 31.1 Å². The minimum absolute atomic E-state index is 0. The first-order valence-electron chi connectivity index (χ1n) is 10.9. The molecule has 6 heteroatoms. The zero-order chi connectivity index (χ0) is 18.5. The van der Waals surface area contributed by atoms with E-state index in [1.807, 2.05) is 20.9 Å². The molecule has 3 rings (SSSR count). The molecular formula is C21H39IN4O. The van der Waals surface area contributed by atoms with Gasteiger partial charge in [0.25, 0.3) is 0 Å². The summed E-state index contributed by atoms with van der Waals surface area (Å²) >= 11 is 0. The van der Waals surface area contributed by atoms with E-state index >= 15 is 0 Å². The van der Waals surface area contributed by atoms with E-state index in [2.05, 4.69) is 20.9 Å². The van der Waals surface area contributed by atoms with Gasteiger partial charge in [-0.1, -0.05) is 38.5 Å². The van der Waals surface area contributed by atoms with Crippen molar-refractivity contribution < 1.29 is 4.79 Å². The van der Waals surface area contributed by atoms with Crippen molar-refractivity contribution >= 4 is 35.8 Å². The maximum absolute atomic E-state index is 12.3. The van der Waals surface area contributed by atoms with Crippen LogP contribution in [0.4, 0.5) is 0 Å². The molecule has 0 radical (unpaired) electrons. The first kappa shape index (κ1) is 22.8. The Morgan fingerprint density at radius 1 is 0.963 bits per heavy atom. The molecule has 4 unspecified atom stereocenters. The van der Waals surface area contributed by atoms with Gasteiger partial charge in [-0.3, -0.25) is 9.79 Å². The lowest BCUT2D eigenvalue weighted by Crippen LogP contribution is -2.48. The van der Waals surface area contributed by atoms with Crippen LogP contribution in [0.25, 0.3) is 0 Å². The highest BCUT2D eigenvalue weighted by Gasteiger charge is 2.43. The van der Waals surface area contributed by atoms with E-state index in [9.17, 15) is 4.79 Å². The maximum atomic E-state index is 12.3. The molecule has 0 aromatic heterocycles. The highest BCUT2D eigenvalue weighted by atomic mass is 127. The van der Waals surface area contributed by atoms with Crippen molar-refractivity contribution in [2.45, 2.75) is 96.2 Å². The second kappa shape index (κ2) is 10.9. The second-order valence-corrected chi connectivity index (χ2v) is 8.99. The van der Waals surface area contributed by atoms with Gasteiger partial charge in [0.15, 0.2) is 5.96 Å². The van der Waals surface area contributed by atoms with E-state index in [0.29, 0.717) is 12.1 Å². The van der Waals surface area contributed by atoms with Crippen LogP contribution in [-0.2, 0) is 4.79 Å². The largest absolute Gasteiger partial charge is 0.354 e. The molecule has 1 amide bonds. The molecule has 4 atom stereocenters. The summed E-state index contributed by atoms with van der Waals surface area (Å²) in [6.07, 6.45) is 12.6. The first-order valence-corrected chi connectivity index (χ1v) is 10.9. The molecule has 3 aliphatic carbocycles. The summed E-state index contributed by atoms with van der Waals surface area (Å²) in [5, 5.41) is 10.3. The van der Waals surface area contributed by atoms with Gasteiger partial charge in [-0.15, -0.1) is 24.0 Å². The van der Waals surface area contributed by atoms with Crippen LogP contribution in [0.2, 0.25) is 0 Å². The molecule has 0 aromatic rings. The average molecular weight is 490 g/mol. The molecule has 156 valence electrons. The predicted molar refractivity (Wildman–Crippen MR) is 123 cm³/mol. The molecule has 5 nitrogen and oxygen atoms in total. The Morgan fingerprint density at radius 3 is 2.37 bits per heavy atom. The Bertz CT molecular complexity index is 504. The summed E-state index contributed by atoms with van der Waals surface area (Å²) in [5.74, 6) is 3.07. The monoisotopic (exact) mass is 490 g/mol. The molecule has 0 aromatic carbocycles. The lowest BCUT2D eigenvalue weighted by molar-refractivity contribution is -0.126. The zero-order valence-corrected chi connectivity index (χ0v) is 19.6. The summed E-state index contributed by atoms with van der Waals surface area (Å²) in [5.41, 5.74) is 0. The first-order chi connectivity index (χ1) is 12.6. The van der Waals surface area contributed by atoms with Crippen LogP contribution in [0.3, 0.4) is 0 Å². The lowest BCUT2D eigenvalue weighted by atomic mass is 9.85. The number of nitrogens with one attached hydrogen (secondary N) is 3. The normalized spacial score (nSPS) is 31.8. The van der Waals surface area contributed by atoms with Crippen molar-refractivity contribution in [3.63, 3.8) is 0 Å². The van der Waals surface area contributed by atoms with E-state index in [-0.39, 0.29) is 41.8 Å². The van der Waals surface area contributed by atoms with Crippen LogP contribution in [0.15, 0.2) is 4.99 Å². The van der Waals surface area contributed by atoms with Crippen molar-refractivity contribution in [3.8, 4) is 0 Å². The number of carbonyl (C=O) groups is 1. The molecule has 0 saturated heterocycles. The summed E-state index contributed by atoms with van der Waals surface area (Å²) in [6, 6.07) is 1.18. The molecule has 3 fully saturated rings. The molecule has 27 heavy (non-hydrogen) atoms. The van der Waals surface area contributed by atoms with Gasteiger partial charge in [-0.2, -0.15) is 0 Å². The predicted octanol–water partition coefficient (Wildman–Crippen LogP) is 3.82. The Morgan fingerprint density at radius 2 is 1.70 bits per heavy atom. The zero-order valence-electron chi connectivity index (χ0n) is 17.3. The summed E-state index contributed by atoms with van der Waals surface area (Å²) < 4.78 is 0. The van der Waals surface area contributed by atoms with Crippen molar-refractivity contribution in [2.75, 3.05) is 7.05 Å². The smallest absolute Gasteiger partial charge is 0.223 e. The topological polar surface area (TPSA) is 65.5 Å². The fourth-order valence-corrected chi connectivity index (χ4v) is 4.97. The van der Waals surface area contributed by atoms with Crippen LogP contribution in [-0.4, -0.2) is 37.0 Å². The molecule has 0 aliphatic heterocycles. The van der Waals surface area contributed by atoms with E-state index < -0.39 is 0 Å². The van der Waals surface area contributed by atoms with Gasteiger partial charge in [-0.05, 0) is 51.4 Å². The van der Waals surface area contributed by atoms with Crippen molar-refractivity contribution in [1.29, 1.82) is 0 Å². The fraction of sp³-hybridized carbons (Fsp3) is 0.905. The van der Waals surface area contributed by atoms with Gasteiger partial charge in [0.1, 0.15) is 0 Å². The van der Waals surface area contributed by atoms with E-state index in [1.54, 1.807) is 0 Å². The number of halogens is 1. The van der Waals surface area contributed by atoms with Crippen molar-refractivity contribution in [1.82, 2.24) is 16.0 Å². The molecular weight excluding hydrogens is 451 g/mol. The summed E-state index contributed by atoms with van der Waals surface area (Å²) in [6.45, 7) is 4.06. The van der Waals surface area contributed by atoms with E-state index in [4.69, 9.17) is 0 Å². The number of carbonyl (C=O) groups excluding carboxylic acids is 1. The molecule has 0 heterocycles. The van der Waals surface area contributed by atoms with E-state index in [0.717, 1.165) is 43.5 Å². The number of nitrogens with zero attached hydrogens (tertiary/aromatic N) is 1. The lowest BCUT2D eigenvalue weighted by Gasteiger charge is -2.30. The fourth-order valence-electron chi connectivity index (χ4n) is 4.97. The third-order valence-electron chi connectivity index (χ3n) is 6.46. The maximum Gasteiger partial charge on any atom is 0.223 e. The molecule has 3 N–H and O–H groups in total. The highest BCUT2D eigenvalue weighted by molar-refractivity contribution is 14.0. The van der Waals surface area contributed by atoms with E-state index in [1.165, 1.54) is 38.5 Å². The van der Waals surface area contributed by atoms with Crippen LogP contribution in [0.1, 0.15) is 78.1 Å².